The van der Waals surface area contributed by atoms with Gasteiger partial charge in [0.25, 0.3) is 0 Å². The molecular formula is C20H25NO4. The first kappa shape index (κ1) is 18.8. The van der Waals surface area contributed by atoms with Crippen molar-refractivity contribution in [3.05, 3.63) is 52.1 Å². The maximum atomic E-state index is 10.8. The molecular weight excluding hydrogens is 318 g/mol. The third-order valence-corrected chi connectivity index (χ3v) is 4.43. The predicted molar refractivity (Wildman–Crippen MR) is 98.0 cm³/mol. The van der Waals surface area contributed by atoms with Gasteiger partial charge in [0.1, 0.15) is 19.0 Å². The van der Waals surface area contributed by atoms with Crippen molar-refractivity contribution >= 4 is 11.7 Å². The zero-order valence-electron chi connectivity index (χ0n) is 15.3. The summed E-state index contributed by atoms with van der Waals surface area (Å²) in [6.07, 6.45) is 1.65. The molecule has 0 saturated carbocycles. The van der Waals surface area contributed by atoms with Gasteiger partial charge >= 0.3 is 5.97 Å². The Hall–Kier alpha value is -2.56. The number of nitrogens with zero attached hydrogens (tertiary/aromatic N) is 1. The van der Waals surface area contributed by atoms with Gasteiger partial charge in [-0.25, -0.2) is 4.79 Å². The van der Waals surface area contributed by atoms with Crippen molar-refractivity contribution in [1.29, 1.82) is 0 Å². The number of carboxylic acids is 1. The average Bonchev–Trinajstić information content (AvgIpc) is 2.57. The number of rotatable bonds is 7. The Kier molecular flexibility index (Phi) is 6.39. The van der Waals surface area contributed by atoms with Crippen molar-refractivity contribution in [2.75, 3.05) is 13.2 Å². The van der Waals surface area contributed by atoms with Crippen LogP contribution in [-0.2, 0) is 9.63 Å². The summed E-state index contributed by atoms with van der Waals surface area (Å²) in [7, 11) is 0. The van der Waals surface area contributed by atoms with Crippen LogP contribution in [0.15, 0.2) is 51.7 Å². The first-order valence-corrected chi connectivity index (χ1v) is 8.31. The minimum absolute atomic E-state index is 0.0578. The number of aliphatic carboxylic acids is 1. The van der Waals surface area contributed by atoms with Gasteiger partial charge in [-0.15, -0.1) is 0 Å². The molecule has 1 aliphatic rings. The Balaban J connectivity index is 2.09. The highest BCUT2D eigenvalue weighted by molar-refractivity contribution is 6.34. The number of hydrogen-bond acceptors (Lipinski definition) is 4. The van der Waals surface area contributed by atoms with Crippen LogP contribution in [0.5, 0.6) is 5.75 Å². The Morgan fingerprint density at radius 1 is 1.08 bits per heavy atom. The molecule has 0 heterocycles. The summed E-state index contributed by atoms with van der Waals surface area (Å²) in [5, 5.41) is 12.5. The van der Waals surface area contributed by atoms with Gasteiger partial charge in [-0.2, -0.15) is 0 Å². The van der Waals surface area contributed by atoms with Gasteiger partial charge in [0.2, 0.25) is 0 Å². The van der Waals surface area contributed by atoms with Crippen molar-refractivity contribution in [2.24, 2.45) is 5.16 Å². The Bertz CT molecular complexity index is 744. The minimum Gasteiger partial charge on any atom is -0.489 e. The largest absolute Gasteiger partial charge is 0.489 e. The smallest absolute Gasteiger partial charge is 0.353 e. The molecule has 1 aromatic carbocycles. The van der Waals surface area contributed by atoms with E-state index in [1.165, 1.54) is 23.6 Å². The molecule has 25 heavy (non-hydrogen) atoms. The molecule has 0 aromatic heterocycles. The summed E-state index contributed by atoms with van der Waals surface area (Å²) < 4.78 is 5.99. The second-order valence-electron chi connectivity index (χ2n) is 6.43. The molecule has 0 radical (unpaired) electrons. The van der Waals surface area contributed by atoms with Crippen LogP contribution in [0.3, 0.4) is 0 Å². The van der Waals surface area contributed by atoms with Crippen LogP contribution in [0, 0.1) is 6.92 Å². The zero-order valence-corrected chi connectivity index (χ0v) is 15.3. The fourth-order valence-corrected chi connectivity index (χ4v) is 2.63. The number of allylic oxidation sites excluding steroid dienone is 2. The summed E-state index contributed by atoms with van der Waals surface area (Å²) in [6.45, 7) is 8.45. The molecule has 134 valence electrons. The highest BCUT2D eigenvalue weighted by Gasteiger charge is 2.17. The van der Waals surface area contributed by atoms with E-state index in [4.69, 9.17) is 14.7 Å². The maximum absolute atomic E-state index is 10.8. The summed E-state index contributed by atoms with van der Waals surface area (Å²) >= 11 is 0. The second kappa shape index (κ2) is 8.51. The van der Waals surface area contributed by atoms with Crippen molar-refractivity contribution in [2.45, 2.75) is 40.5 Å². The molecule has 1 N–H and O–H groups in total. The number of hydrogen-bond donors (Lipinski definition) is 1. The molecule has 0 unspecified atom stereocenters. The molecule has 0 aliphatic heterocycles. The van der Waals surface area contributed by atoms with E-state index in [0.29, 0.717) is 6.61 Å². The van der Waals surface area contributed by atoms with Crippen LogP contribution >= 0.6 is 0 Å². The van der Waals surface area contributed by atoms with Gasteiger partial charge < -0.3 is 14.7 Å². The van der Waals surface area contributed by atoms with Crippen LogP contribution in [0.2, 0.25) is 0 Å². The molecule has 1 aliphatic carbocycles. The normalized spacial score (nSPS) is 15.4. The van der Waals surface area contributed by atoms with E-state index in [2.05, 4.69) is 19.0 Å². The lowest BCUT2D eigenvalue weighted by atomic mass is 9.88. The number of benzene rings is 1. The number of carbonyl (C=O) groups is 1. The fraction of sp³-hybridized carbons (Fsp3) is 0.400. The van der Waals surface area contributed by atoms with Gasteiger partial charge in [0, 0.05) is 0 Å². The third kappa shape index (κ3) is 5.21. The summed E-state index contributed by atoms with van der Waals surface area (Å²) in [5.41, 5.74) is 5.99. The SMILES string of the molecule is CC(=NOCC1=C(COc2ccccc2C)CC(C)=C(C)C1)C(=O)O. The van der Waals surface area contributed by atoms with Gasteiger partial charge in [-0.3, -0.25) is 0 Å². The summed E-state index contributed by atoms with van der Waals surface area (Å²) in [5.74, 6) is -0.202. The number of aryl methyl sites for hydroxylation is 1. The fourth-order valence-electron chi connectivity index (χ4n) is 2.63. The van der Waals surface area contributed by atoms with E-state index < -0.39 is 5.97 Å². The molecule has 0 spiro atoms. The van der Waals surface area contributed by atoms with Crippen LogP contribution in [0.1, 0.15) is 39.2 Å². The lowest BCUT2D eigenvalue weighted by Crippen LogP contribution is -2.14. The Labute approximate surface area is 148 Å². The monoisotopic (exact) mass is 343 g/mol. The van der Waals surface area contributed by atoms with Crippen LogP contribution < -0.4 is 4.74 Å². The molecule has 5 nitrogen and oxygen atoms in total. The van der Waals surface area contributed by atoms with Gasteiger partial charge in [-0.05, 0) is 63.3 Å². The molecule has 0 atom stereocenters. The average molecular weight is 343 g/mol. The number of para-hydroxylation sites is 1. The maximum Gasteiger partial charge on any atom is 0.353 e. The molecule has 0 saturated heterocycles. The lowest BCUT2D eigenvalue weighted by molar-refractivity contribution is -0.129. The van der Waals surface area contributed by atoms with E-state index in [9.17, 15) is 4.79 Å². The van der Waals surface area contributed by atoms with Crippen LogP contribution in [0.4, 0.5) is 0 Å². The van der Waals surface area contributed by atoms with E-state index in [1.54, 1.807) is 0 Å². The highest BCUT2D eigenvalue weighted by atomic mass is 16.6. The minimum atomic E-state index is -1.08. The lowest BCUT2D eigenvalue weighted by Gasteiger charge is -2.23. The van der Waals surface area contributed by atoms with Crippen LogP contribution in [0.25, 0.3) is 0 Å². The van der Waals surface area contributed by atoms with E-state index in [-0.39, 0.29) is 12.3 Å². The first-order chi connectivity index (χ1) is 11.9. The first-order valence-electron chi connectivity index (χ1n) is 8.31. The number of ether oxygens (including phenoxy) is 1. The van der Waals surface area contributed by atoms with Crippen molar-refractivity contribution < 1.29 is 19.5 Å². The molecule has 5 heteroatoms. The quantitative estimate of drug-likeness (QED) is 0.456. The van der Waals surface area contributed by atoms with E-state index in [0.717, 1.165) is 29.7 Å². The molecule has 0 fully saturated rings. The van der Waals surface area contributed by atoms with Crippen molar-refractivity contribution in [3.63, 3.8) is 0 Å². The number of carboxylic acid groups (broad SMARTS) is 1. The van der Waals surface area contributed by atoms with Gasteiger partial charge in [0.15, 0.2) is 5.71 Å². The molecule has 2 rings (SSSR count). The third-order valence-electron chi connectivity index (χ3n) is 4.43. The Morgan fingerprint density at radius 2 is 1.68 bits per heavy atom. The molecule has 0 bridgehead atoms. The Morgan fingerprint density at radius 3 is 2.28 bits per heavy atom. The highest BCUT2D eigenvalue weighted by Crippen LogP contribution is 2.30. The molecule has 0 amide bonds. The predicted octanol–water partition coefficient (Wildman–Crippen LogP) is 4.28. The van der Waals surface area contributed by atoms with E-state index in [1.807, 2.05) is 31.2 Å². The second-order valence-corrected chi connectivity index (χ2v) is 6.43. The standard InChI is InChI=1S/C20H25NO4/c1-13-7-5-6-8-19(13)24-11-17-9-14(2)15(3)10-18(17)12-25-21-16(4)20(22)23/h5-8H,9-12H2,1-4H3,(H,22,23). The number of oxime groups is 1. The van der Waals surface area contributed by atoms with Gasteiger partial charge in [-0.1, -0.05) is 34.5 Å². The zero-order chi connectivity index (χ0) is 18.4. The topological polar surface area (TPSA) is 68.1 Å². The van der Waals surface area contributed by atoms with Crippen LogP contribution in [-0.4, -0.2) is 30.0 Å². The van der Waals surface area contributed by atoms with Crippen molar-refractivity contribution in [3.8, 4) is 5.75 Å². The summed E-state index contributed by atoms with van der Waals surface area (Å²) in [6, 6.07) is 7.93. The molecule has 1 aromatic rings. The van der Waals surface area contributed by atoms with Crippen molar-refractivity contribution in [1.82, 2.24) is 0 Å². The summed E-state index contributed by atoms with van der Waals surface area (Å²) in [4.78, 5) is 16.0. The van der Waals surface area contributed by atoms with E-state index >= 15 is 0 Å². The van der Waals surface area contributed by atoms with Gasteiger partial charge in [0.05, 0.1) is 0 Å².